The van der Waals surface area contributed by atoms with Gasteiger partial charge in [0.25, 0.3) is 5.56 Å². The number of fused-ring (bicyclic) bond motifs is 1. The highest BCUT2D eigenvalue weighted by atomic mass is 32.1. The lowest BCUT2D eigenvalue weighted by atomic mass is 10.1. The van der Waals surface area contributed by atoms with Gasteiger partial charge in [-0.25, -0.2) is 9.78 Å². The van der Waals surface area contributed by atoms with Crippen LogP contribution in [0.3, 0.4) is 0 Å². The van der Waals surface area contributed by atoms with Gasteiger partial charge >= 0.3 is 5.97 Å². The van der Waals surface area contributed by atoms with E-state index in [0.717, 1.165) is 11.4 Å². The van der Waals surface area contributed by atoms with Crippen LogP contribution >= 0.6 is 11.3 Å². The Labute approximate surface area is 171 Å². The maximum Gasteiger partial charge on any atom is 0.340 e. The minimum atomic E-state index is -0.608. The zero-order valence-corrected chi connectivity index (χ0v) is 17.3. The summed E-state index contributed by atoms with van der Waals surface area (Å²) < 4.78 is 6.60. The molecule has 3 aromatic rings. The average Bonchev–Trinajstić information content (AvgIpc) is 3.08. The second-order valence-electron chi connectivity index (χ2n) is 6.90. The molecule has 0 saturated carbocycles. The number of rotatable bonds is 7. The molecule has 8 nitrogen and oxygen atoms in total. The smallest absolute Gasteiger partial charge is 0.340 e. The van der Waals surface area contributed by atoms with Crippen LogP contribution in [0.25, 0.3) is 4.96 Å². The number of benzene rings is 1. The van der Waals surface area contributed by atoms with Crippen LogP contribution in [0.1, 0.15) is 48.3 Å². The van der Waals surface area contributed by atoms with Crippen molar-refractivity contribution in [1.82, 2.24) is 14.6 Å². The first-order chi connectivity index (χ1) is 13.9. The molecule has 0 unspecified atom stereocenters. The number of para-hydroxylation sites is 1. The van der Waals surface area contributed by atoms with Gasteiger partial charge in [-0.3, -0.25) is 9.59 Å². The second-order valence-corrected chi connectivity index (χ2v) is 7.94. The first kappa shape index (κ1) is 20.7. The van der Waals surface area contributed by atoms with Crippen molar-refractivity contribution in [2.75, 3.05) is 5.32 Å². The van der Waals surface area contributed by atoms with Crippen molar-refractivity contribution in [3.8, 4) is 0 Å². The van der Waals surface area contributed by atoms with E-state index in [4.69, 9.17) is 4.74 Å². The summed E-state index contributed by atoms with van der Waals surface area (Å²) in [5, 5.41) is 7.80. The molecule has 0 aliphatic carbocycles. The molecular formula is C20H22N4O4S. The lowest BCUT2D eigenvalue weighted by molar-refractivity contribution is -0.115. The Morgan fingerprint density at radius 2 is 2.03 bits per heavy atom. The molecule has 0 saturated heterocycles. The number of anilines is 1. The van der Waals surface area contributed by atoms with Gasteiger partial charge in [0.15, 0.2) is 0 Å². The Morgan fingerprint density at radius 3 is 2.76 bits per heavy atom. The molecule has 1 amide bonds. The fourth-order valence-electron chi connectivity index (χ4n) is 2.63. The van der Waals surface area contributed by atoms with E-state index in [2.05, 4.69) is 29.2 Å². The summed E-state index contributed by atoms with van der Waals surface area (Å²) in [6.45, 7) is 5.72. The van der Waals surface area contributed by atoms with Crippen molar-refractivity contribution in [1.29, 1.82) is 0 Å². The van der Waals surface area contributed by atoms with E-state index in [9.17, 15) is 14.4 Å². The topological polar surface area (TPSA) is 103 Å². The summed E-state index contributed by atoms with van der Waals surface area (Å²) in [4.78, 5) is 41.3. The summed E-state index contributed by atoms with van der Waals surface area (Å²) in [5.74, 6) is -0.392. The number of amides is 1. The number of nitrogens with zero attached hydrogens (tertiary/aromatic N) is 3. The molecule has 1 N–H and O–H groups in total. The van der Waals surface area contributed by atoms with Gasteiger partial charge in [-0.1, -0.05) is 44.2 Å². The Bertz CT molecular complexity index is 1100. The average molecular weight is 414 g/mol. The second kappa shape index (κ2) is 8.95. The standard InChI is InChI=1S/C20H22N4O4S/c1-4-16(25)22-15-8-6-5-7-14(15)19(27)28-11-13-10-18(26)24-20(21-13)29-17(23-24)9-12(2)3/h5-8,10,12H,4,9,11H2,1-3H3,(H,22,25). The van der Waals surface area contributed by atoms with E-state index < -0.39 is 5.97 Å². The number of esters is 1. The van der Waals surface area contributed by atoms with E-state index in [1.807, 2.05) is 0 Å². The van der Waals surface area contributed by atoms with E-state index in [1.165, 1.54) is 21.9 Å². The monoisotopic (exact) mass is 414 g/mol. The molecule has 0 bridgehead atoms. The summed E-state index contributed by atoms with van der Waals surface area (Å²) in [6, 6.07) is 7.91. The molecule has 0 spiro atoms. The van der Waals surface area contributed by atoms with E-state index >= 15 is 0 Å². The highest BCUT2D eigenvalue weighted by molar-refractivity contribution is 7.16. The largest absolute Gasteiger partial charge is 0.456 e. The fourth-order valence-corrected chi connectivity index (χ4v) is 3.76. The lowest BCUT2D eigenvalue weighted by Gasteiger charge is -2.10. The summed E-state index contributed by atoms with van der Waals surface area (Å²) in [6.07, 6.45) is 1.06. The van der Waals surface area contributed by atoms with Crippen LogP contribution in [-0.4, -0.2) is 26.5 Å². The van der Waals surface area contributed by atoms with Crippen LogP contribution in [0.5, 0.6) is 0 Å². The number of hydrogen-bond donors (Lipinski definition) is 1. The van der Waals surface area contributed by atoms with E-state index in [0.29, 0.717) is 28.7 Å². The van der Waals surface area contributed by atoms with Crippen molar-refractivity contribution in [3.63, 3.8) is 0 Å². The minimum Gasteiger partial charge on any atom is -0.456 e. The molecule has 152 valence electrons. The predicted octanol–water partition coefficient (Wildman–Crippen LogP) is 3.06. The van der Waals surface area contributed by atoms with Gasteiger partial charge in [-0.15, -0.1) is 0 Å². The normalized spacial score (nSPS) is 11.0. The summed E-state index contributed by atoms with van der Waals surface area (Å²) in [7, 11) is 0. The third-order valence-corrected chi connectivity index (χ3v) is 4.95. The minimum absolute atomic E-state index is 0.155. The van der Waals surface area contributed by atoms with Gasteiger partial charge in [0.2, 0.25) is 10.9 Å². The van der Waals surface area contributed by atoms with Gasteiger partial charge in [0.05, 0.1) is 16.9 Å². The molecule has 9 heteroatoms. The fraction of sp³-hybridized carbons (Fsp3) is 0.350. The number of hydrogen-bond acceptors (Lipinski definition) is 7. The molecule has 29 heavy (non-hydrogen) atoms. The molecule has 0 aliphatic rings. The Balaban J connectivity index is 1.76. The molecule has 2 heterocycles. The van der Waals surface area contributed by atoms with E-state index in [-0.39, 0.29) is 23.6 Å². The molecule has 3 rings (SSSR count). The van der Waals surface area contributed by atoms with Crippen LogP contribution in [0, 0.1) is 5.92 Å². The number of ether oxygens (including phenoxy) is 1. The Kier molecular flexibility index (Phi) is 6.38. The first-order valence-corrected chi connectivity index (χ1v) is 10.1. The lowest BCUT2D eigenvalue weighted by Crippen LogP contribution is -2.17. The van der Waals surface area contributed by atoms with Crippen molar-refractivity contribution >= 4 is 33.9 Å². The Hall–Kier alpha value is -3.07. The number of nitrogens with one attached hydrogen (secondary N) is 1. The predicted molar refractivity (Wildman–Crippen MR) is 110 cm³/mol. The van der Waals surface area contributed by atoms with Crippen LogP contribution in [0.4, 0.5) is 5.69 Å². The van der Waals surface area contributed by atoms with Crippen LogP contribution < -0.4 is 10.9 Å². The zero-order chi connectivity index (χ0) is 21.0. The first-order valence-electron chi connectivity index (χ1n) is 9.32. The van der Waals surface area contributed by atoms with Crippen LogP contribution in [-0.2, 0) is 22.6 Å². The maximum atomic E-state index is 12.5. The van der Waals surface area contributed by atoms with Gasteiger partial charge < -0.3 is 10.1 Å². The number of carbonyl (C=O) groups is 2. The molecule has 2 aromatic heterocycles. The molecule has 0 fully saturated rings. The van der Waals surface area contributed by atoms with Crippen LogP contribution in [0.2, 0.25) is 0 Å². The summed E-state index contributed by atoms with van der Waals surface area (Å²) >= 11 is 1.35. The number of carbonyl (C=O) groups excluding carboxylic acids is 2. The van der Waals surface area contributed by atoms with Crippen molar-refractivity contribution in [2.24, 2.45) is 5.92 Å². The van der Waals surface area contributed by atoms with Gasteiger partial charge in [0, 0.05) is 18.9 Å². The molecular weight excluding hydrogens is 392 g/mol. The zero-order valence-electron chi connectivity index (χ0n) is 16.5. The van der Waals surface area contributed by atoms with Gasteiger partial charge in [-0.05, 0) is 18.1 Å². The van der Waals surface area contributed by atoms with Crippen molar-refractivity contribution in [3.05, 3.63) is 57.0 Å². The molecule has 0 atom stereocenters. The number of aromatic nitrogens is 3. The Morgan fingerprint density at radius 1 is 1.28 bits per heavy atom. The maximum absolute atomic E-state index is 12.5. The van der Waals surface area contributed by atoms with Gasteiger partial charge in [0.1, 0.15) is 11.6 Å². The molecule has 0 radical (unpaired) electrons. The molecule has 1 aromatic carbocycles. The van der Waals surface area contributed by atoms with Crippen molar-refractivity contribution in [2.45, 2.75) is 40.2 Å². The third kappa shape index (κ3) is 5.05. The SMILES string of the molecule is CCC(=O)Nc1ccccc1C(=O)OCc1cc(=O)n2nc(CC(C)C)sc2n1. The van der Waals surface area contributed by atoms with Crippen LogP contribution in [0.15, 0.2) is 35.1 Å². The van der Waals surface area contributed by atoms with E-state index in [1.54, 1.807) is 31.2 Å². The van der Waals surface area contributed by atoms with Crippen molar-refractivity contribution < 1.29 is 14.3 Å². The third-order valence-electron chi connectivity index (χ3n) is 4.02. The quantitative estimate of drug-likeness (QED) is 0.596. The van der Waals surface area contributed by atoms with Gasteiger partial charge in [-0.2, -0.15) is 9.61 Å². The highest BCUT2D eigenvalue weighted by Crippen LogP contribution is 2.18. The highest BCUT2D eigenvalue weighted by Gasteiger charge is 2.16. The molecule has 0 aliphatic heterocycles. The summed E-state index contributed by atoms with van der Waals surface area (Å²) in [5.41, 5.74) is 0.652.